The van der Waals surface area contributed by atoms with E-state index >= 15 is 0 Å². The minimum atomic E-state index is -0.761. The summed E-state index contributed by atoms with van der Waals surface area (Å²) in [6, 6.07) is 7.61. The molecule has 3 rings (SSSR count). The Morgan fingerprint density at radius 1 is 1.36 bits per heavy atom. The summed E-state index contributed by atoms with van der Waals surface area (Å²) in [6.07, 6.45) is 5.35. The topological polar surface area (TPSA) is 58.4 Å². The van der Waals surface area contributed by atoms with Crippen molar-refractivity contribution in [2.24, 2.45) is 0 Å². The van der Waals surface area contributed by atoms with Gasteiger partial charge >= 0.3 is 5.97 Å². The number of rotatable bonds is 5. The molecule has 0 aliphatic carbocycles. The molecule has 2 aromatic rings. The number of hydrogen-bond acceptors (Lipinski definition) is 3. The molecule has 1 aromatic heterocycles. The Labute approximate surface area is 130 Å². The molecule has 1 aliphatic heterocycles. The highest BCUT2D eigenvalue weighted by molar-refractivity contribution is 5.74. The van der Waals surface area contributed by atoms with E-state index in [4.69, 9.17) is 0 Å². The third kappa shape index (κ3) is 2.90. The summed E-state index contributed by atoms with van der Waals surface area (Å²) in [4.78, 5) is 18.1. The number of carbonyl (C=O) groups is 1. The van der Waals surface area contributed by atoms with Gasteiger partial charge in [-0.25, -0.2) is 4.98 Å². The van der Waals surface area contributed by atoms with Crippen molar-refractivity contribution in [3.05, 3.63) is 53.6 Å². The normalized spacial score (nSPS) is 18.1. The number of hydrogen-bond donors (Lipinski definition) is 1. The van der Waals surface area contributed by atoms with Crippen LogP contribution in [-0.4, -0.2) is 31.6 Å². The van der Waals surface area contributed by atoms with Gasteiger partial charge in [-0.3, -0.25) is 9.69 Å². The van der Waals surface area contributed by atoms with Crippen molar-refractivity contribution in [3.63, 3.8) is 0 Å². The van der Waals surface area contributed by atoms with Crippen molar-refractivity contribution in [1.82, 2.24) is 14.5 Å². The minimum Gasteiger partial charge on any atom is -0.480 e. The number of imidazole rings is 1. The highest BCUT2D eigenvalue weighted by Crippen LogP contribution is 2.24. The zero-order valence-electron chi connectivity index (χ0n) is 12.8. The predicted octanol–water partition coefficient (Wildman–Crippen LogP) is 2.30. The molecule has 5 nitrogen and oxygen atoms in total. The third-order valence-electron chi connectivity index (χ3n) is 4.24. The molecule has 22 heavy (non-hydrogen) atoms. The molecule has 0 radical (unpaired) electrons. The zero-order chi connectivity index (χ0) is 15.5. The van der Waals surface area contributed by atoms with Gasteiger partial charge in [0.05, 0.1) is 6.54 Å². The van der Waals surface area contributed by atoms with Crippen LogP contribution in [0.3, 0.4) is 0 Å². The van der Waals surface area contributed by atoms with Crippen molar-refractivity contribution < 1.29 is 9.90 Å². The highest BCUT2D eigenvalue weighted by Gasteiger charge is 2.31. The van der Waals surface area contributed by atoms with Gasteiger partial charge in [0.1, 0.15) is 11.9 Å². The summed E-state index contributed by atoms with van der Waals surface area (Å²) in [7, 11) is 0. The maximum Gasteiger partial charge on any atom is 0.321 e. The van der Waals surface area contributed by atoms with Gasteiger partial charge in [-0.05, 0) is 24.0 Å². The van der Waals surface area contributed by atoms with E-state index in [0.717, 1.165) is 24.4 Å². The summed E-state index contributed by atoms with van der Waals surface area (Å²) in [5, 5.41) is 9.57. The van der Waals surface area contributed by atoms with Crippen LogP contribution in [0.15, 0.2) is 36.7 Å². The average Bonchev–Trinajstić information content (AvgIpc) is 2.94. The van der Waals surface area contributed by atoms with E-state index in [1.165, 1.54) is 5.56 Å². The number of fused-ring (bicyclic) bond motifs is 1. The molecular formula is C17H21N3O2. The molecule has 0 spiro atoms. The summed E-state index contributed by atoms with van der Waals surface area (Å²) in [5.41, 5.74) is 2.36. The molecule has 1 atom stereocenters. The van der Waals surface area contributed by atoms with E-state index < -0.39 is 12.0 Å². The van der Waals surface area contributed by atoms with E-state index in [2.05, 4.69) is 22.5 Å². The number of carboxylic acids is 1. The largest absolute Gasteiger partial charge is 0.480 e. The molecule has 1 aliphatic rings. The van der Waals surface area contributed by atoms with Crippen molar-refractivity contribution in [1.29, 1.82) is 0 Å². The fraction of sp³-hybridized carbons (Fsp3) is 0.412. The highest BCUT2D eigenvalue weighted by atomic mass is 16.4. The van der Waals surface area contributed by atoms with Crippen LogP contribution in [0.4, 0.5) is 0 Å². The Bertz CT molecular complexity index is 665. The molecule has 0 unspecified atom stereocenters. The summed E-state index contributed by atoms with van der Waals surface area (Å²) in [6.45, 7) is 4.27. The molecule has 0 bridgehead atoms. The molecule has 0 amide bonds. The zero-order valence-corrected chi connectivity index (χ0v) is 12.8. The fourth-order valence-electron chi connectivity index (χ4n) is 3.10. The quantitative estimate of drug-likeness (QED) is 0.920. The second-order valence-corrected chi connectivity index (χ2v) is 5.77. The second kappa shape index (κ2) is 6.32. The number of aryl methyl sites for hydroxylation is 1. The van der Waals surface area contributed by atoms with Crippen molar-refractivity contribution >= 4 is 5.97 Å². The number of carboxylic acid groups (broad SMARTS) is 1. The van der Waals surface area contributed by atoms with Crippen LogP contribution >= 0.6 is 0 Å². The summed E-state index contributed by atoms with van der Waals surface area (Å²) < 4.78 is 2.11. The Morgan fingerprint density at radius 2 is 2.14 bits per heavy atom. The molecule has 0 saturated heterocycles. The van der Waals surface area contributed by atoms with Gasteiger partial charge in [0.15, 0.2) is 0 Å². The van der Waals surface area contributed by atoms with Crippen LogP contribution in [0.1, 0.15) is 30.3 Å². The third-order valence-corrected chi connectivity index (χ3v) is 4.24. The van der Waals surface area contributed by atoms with Crippen LogP contribution in [0.25, 0.3) is 0 Å². The molecule has 0 saturated carbocycles. The number of aliphatic carboxylic acids is 1. The van der Waals surface area contributed by atoms with Crippen molar-refractivity contribution in [3.8, 4) is 0 Å². The Morgan fingerprint density at radius 3 is 2.86 bits per heavy atom. The van der Waals surface area contributed by atoms with Gasteiger partial charge in [-0.2, -0.15) is 0 Å². The van der Waals surface area contributed by atoms with Crippen LogP contribution in [0.5, 0.6) is 0 Å². The molecule has 116 valence electrons. The Balaban J connectivity index is 1.84. The Kier molecular flexibility index (Phi) is 4.24. The molecule has 5 heteroatoms. The van der Waals surface area contributed by atoms with E-state index in [1.54, 1.807) is 6.20 Å². The lowest BCUT2D eigenvalue weighted by molar-refractivity contribution is -0.144. The van der Waals surface area contributed by atoms with E-state index in [9.17, 15) is 9.90 Å². The lowest BCUT2D eigenvalue weighted by atomic mass is 9.94. The van der Waals surface area contributed by atoms with Crippen molar-refractivity contribution in [2.75, 3.05) is 0 Å². The predicted molar refractivity (Wildman–Crippen MR) is 83.3 cm³/mol. The lowest BCUT2D eigenvalue weighted by Gasteiger charge is -2.34. The van der Waals surface area contributed by atoms with Gasteiger partial charge < -0.3 is 9.67 Å². The summed E-state index contributed by atoms with van der Waals surface area (Å²) >= 11 is 0. The van der Waals surface area contributed by atoms with Gasteiger partial charge in [-0.15, -0.1) is 0 Å². The van der Waals surface area contributed by atoms with E-state index in [0.29, 0.717) is 19.5 Å². The second-order valence-electron chi connectivity index (χ2n) is 5.77. The smallest absolute Gasteiger partial charge is 0.321 e. The monoisotopic (exact) mass is 299 g/mol. The fourth-order valence-corrected chi connectivity index (χ4v) is 3.10. The number of aromatic nitrogens is 2. The van der Waals surface area contributed by atoms with E-state index in [-0.39, 0.29) is 0 Å². The first-order valence-corrected chi connectivity index (χ1v) is 7.72. The van der Waals surface area contributed by atoms with Crippen molar-refractivity contribution in [2.45, 2.75) is 45.4 Å². The first-order valence-electron chi connectivity index (χ1n) is 7.72. The van der Waals surface area contributed by atoms with Crippen LogP contribution in [0, 0.1) is 0 Å². The first-order chi connectivity index (χ1) is 10.7. The maximum atomic E-state index is 11.6. The minimum absolute atomic E-state index is 0.485. The van der Waals surface area contributed by atoms with Crippen LogP contribution in [-0.2, 0) is 30.8 Å². The van der Waals surface area contributed by atoms with Gasteiger partial charge in [0, 0.05) is 25.5 Å². The number of nitrogens with zero attached hydrogens (tertiary/aromatic N) is 3. The lowest BCUT2D eigenvalue weighted by Crippen LogP contribution is -2.45. The van der Waals surface area contributed by atoms with Crippen LogP contribution in [0.2, 0.25) is 0 Å². The molecule has 1 aromatic carbocycles. The standard InChI is InChI=1S/C17H21N3O2/c1-2-8-19-9-7-18-16(19)12-20-11-14-6-4-3-5-13(14)10-15(20)17(21)22/h3-7,9,15H,2,8,10-12H2,1H3,(H,21,22)/t15-/m1/s1. The van der Waals surface area contributed by atoms with Crippen LogP contribution < -0.4 is 0 Å². The average molecular weight is 299 g/mol. The van der Waals surface area contributed by atoms with Gasteiger partial charge in [0.25, 0.3) is 0 Å². The van der Waals surface area contributed by atoms with Gasteiger partial charge in [-0.1, -0.05) is 31.2 Å². The Hall–Kier alpha value is -2.14. The molecule has 1 N–H and O–H groups in total. The van der Waals surface area contributed by atoms with Gasteiger partial charge in [0.2, 0.25) is 0 Å². The molecule has 2 heterocycles. The van der Waals surface area contributed by atoms with E-state index in [1.807, 2.05) is 29.3 Å². The molecule has 0 fully saturated rings. The SMILES string of the molecule is CCCn1ccnc1CN1Cc2ccccc2C[C@@H]1C(=O)O. The number of benzene rings is 1. The summed E-state index contributed by atoms with van der Waals surface area (Å²) in [5.74, 6) is 0.176. The molecular weight excluding hydrogens is 278 g/mol. The maximum absolute atomic E-state index is 11.6. The first kappa shape index (κ1) is 14.8.